The zero-order valence-corrected chi connectivity index (χ0v) is 9.43. The van der Waals surface area contributed by atoms with Gasteiger partial charge in [-0.3, -0.25) is 0 Å². The summed E-state index contributed by atoms with van der Waals surface area (Å²) in [6.07, 6.45) is 4.24. The Bertz CT molecular complexity index is 310. The highest BCUT2D eigenvalue weighted by atomic mass is 35.5. The zero-order chi connectivity index (χ0) is 10.5. The molecule has 0 aromatic carbocycles. The summed E-state index contributed by atoms with van der Waals surface area (Å²) in [5, 5.41) is 7.31. The minimum atomic E-state index is 0.547. The maximum absolute atomic E-state index is 5.81. The molecule has 0 aliphatic carbocycles. The van der Waals surface area contributed by atoms with E-state index >= 15 is 0 Å². The Balaban J connectivity index is 1.81. The quantitative estimate of drug-likeness (QED) is 0.775. The van der Waals surface area contributed by atoms with E-state index in [1.54, 1.807) is 6.20 Å². The molecule has 3 nitrogen and oxygen atoms in total. The van der Waals surface area contributed by atoms with Gasteiger partial charge in [0.15, 0.2) is 0 Å². The maximum atomic E-state index is 5.81. The third kappa shape index (κ3) is 3.36. The van der Waals surface area contributed by atoms with E-state index in [0.717, 1.165) is 31.2 Å². The zero-order valence-electron chi connectivity index (χ0n) is 8.67. The van der Waals surface area contributed by atoms with Crippen LogP contribution in [0.3, 0.4) is 0 Å². The first-order valence-electron chi connectivity index (χ1n) is 5.41. The fourth-order valence-electron chi connectivity index (χ4n) is 1.86. The molecule has 2 heterocycles. The van der Waals surface area contributed by atoms with E-state index in [1.165, 1.54) is 12.8 Å². The normalized spacial score (nSPS) is 17.7. The standard InChI is InChI=1S/C11H16ClN3/c12-11-7-10(3-6-14-11)15-8-9-1-4-13-5-2-9/h3,6-7,9,13H,1-2,4-5,8H2,(H,14,15). The predicted octanol–water partition coefficient (Wildman–Crippen LogP) is 2.15. The van der Waals surface area contributed by atoms with Crippen LogP contribution in [-0.2, 0) is 0 Å². The Morgan fingerprint density at radius 1 is 1.47 bits per heavy atom. The van der Waals surface area contributed by atoms with Crippen molar-refractivity contribution in [3.63, 3.8) is 0 Å². The van der Waals surface area contributed by atoms with Gasteiger partial charge in [-0.15, -0.1) is 0 Å². The van der Waals surface area contributed by atoms with Gasteiger partial charge in [0, 0.05) is 18.4 Å². The summed E-state index contributed by atoms with van der Waals surface area (Å²) < 4.78 is 0. The van der Waals surface area contributed by atoms with Crippen molar-refractivity contribution in [3.05, 3.63) is 23.5 Å². The number of rotatable bonds is 3. The van der Waals surface area contributed by atoms with Gasteiger partial charge in [0.1, 0.15) is 5.15 Å². The molecule has 0 saturated carbocycles. The molecule has 1 fully saturated rings. The summed E-state index contributed by atoms with van der Waals surface area (Å²) in [6.45, 7) is 3.31. The molecule has 1 aromatic heterocycles. The van der Waals surface area contributed by atoms with Crippen LogP contribution >= 0.6 is 11.6 Å². The number of anilines is 1. The lowest BCUT2D eigenvalue weighted by Crippen LogP contribution is -2.31. The van der Waals surface area contributed by atoms with E-state index in [9.17, 15) is 0 Å². The van der Waals surface area contributed by atoms with Gasteiger partial charge >= 0.3 is 0 Å². The minimum absolute atomic E-state index is 0.547. The molecule has 1 aliphatic heterocycles. The summed E-state index contributed by atoms with van der Waals surface area (Å²) in [5.74, 6) is 0.776. The van der Waals surface area contributed by atoms with Crippen molar-refractivity contribution in [2.24, 2.45) is 5.92 Å². The van der Waals surface area contributed by atoms with Crippen molar-refractivity contribution in [1.82, 2.24) is 10.3 Å². The second kappa shape index (κ2) is 5.33. The van der Waals surface area contributed by atoms with Crippen LogP contribution in [0.15, 0.2) is 18.3 Å². The Morgan fingerprint density at radius 3 is 3.00 bits per heavy atom. The van der Waals surface area contributed by atoms with Gasteiger partial charge in [0.25, 0.3) is 0 Å². The van der Waals surface area contributed by atoms with Crippen molar-refractivity contribution in [2.75, 3.05) is 25.0 Å². The topological polar surface area (TPSA) is 37.0 Å². The summed E-state index contributed by atoms with van der Waals surface area (Å²) >= 11 is 5.81. The van der Waals surface area contributed by atoms with Crippen LogP contribution in [0.4, 0.5) is 5.69 Å². The molecule has 4 heteroatoms. The Hall–Kier alpha value is -0.800. The lowest BCUT2D eigenvalue weighted by Gasteiger charge is -2.23. The molecular weight excluding hydrogens is 210 g/mol. The highest BCUT2D eigenvalue weighted by molar-refractivity contribution is 6.29. The third-order valence-electron chi connectivity index (χ3n) is 2.78. The van der Waals surface area contributed by atoms with Crippen LogP contribution in [0, 0.1) is 5.92 Å². The van der Waals surface area contributed by atoms with Gasteiger partial charge < -0.3 is 10.6 Å². The lowest BCUT2D eigenvalue weighted by atomic mass is 9.98. The second-order valence-electron chi connectivity index (χ2n) is 3.94. The first-order valence-corrected chi connectivity index (χ1v) is 5.78. The molecule has 2 N–H and O–H groups in total. The van der Waals surface area contributed by atoms with Gasteiger partial charge in [0.05, 0.1) is 0 Å². The fourth-order valence-corrected chi connectivity index (χ4v) is 2.03. The average molecular weight is 226 g/mol. The van der Waals surface area contributed by atoms with E-state index in [4.69, 9.17) is 11.6 Å². The molecule has 0 unspecified atom stereocenters. The predicted molar refractivity (Wildman–Crippen MR) is 63.3 cm³/mol. The summed E-state index contributed by atoms with van der Waals surface area (Å²) in [5.41, 5.74) is 1.06. The Kier molecular flexibility index (Phi) is 3.80. The van der Waals surface area contributed by atoms with Gasteiger partial charge in [0.2, 0.25) is 0 Å². The van der Waals surface area contributed by atoms with E-state index < -0.39 is 0 Å². The Labute approximate surface area is 95.2 Å². The van der Waals surface area contributed by atoms with Crippen molar-refractivity contribution in [2.45, 2.75) is 12.8 Å². The van der Waals surface area contributed by atoms with Crippen molar-refractivity contribution in [3.8, 4) is 0 Å². The largest absolute Gasteiger partial charge is 0.385 e. The number of nitrogens with zero attached hydrogens (tertiary/aromatic N) is 1. The molecule has 0 spiro atoms. The number of piperidine rings is 1. The number of hydrogen-bond acceptors (Lipinski definition) is 3. The first kappa shape index (κ1) is 10.7. The summed E-state index contributed by atoms with van der Waals surface area (Å²) in [6, 6.07) is 3.82. The van der Waals surface area contributed by atoms with Crippen molar-refractivity contribution in [1.29, 1.82) is 0 Å². The first-order chi connectivity index (χ1) is 7.34. The number of nitrogens with one attached hydrogen (secondary N) is 2. The van der Waals surface area contributed by atoms with Crippen LogP contribution < -0.4 is 10.6 Å². The molecule has 1 aliphatic rings. The van der Waals surface area contributed by atoms with Gasteiger partial charge in [-0.1, -0.05) is 11.6 Å². The van der Waals surface area contributed by atoms with Gasteiger partial charge in [-0.25, -0.2) is 4.98 Å². The molecule has 82 valence electrons. The summed E-state index contributed by atoms with van der Waals surface area (Å²) in [7, 11) is 0. The van der Waals surface area contributed by atoms with Crippen LogP contribution in [0.25, 0.3) is 0 Å². The van der Waals surface area contributed by atoms with Crippen molar-refractivity contribution < 1.29 is 0 Å². The van der Waals surface area contributed by atoms with Crippen molar-refractivity contribution >= 4 is 17.3 Å². The average Bonchev–Trinajstić information content (AvgIpc) is 2.28. The number of pyridine rings is 1. The highest BCUT2D eigenvalue weighted by Gasteiger charge is 2.12. The highest BCUT2D eigenvalue weighted by Crippen LogP contribution is 2.15. The smallest absolute Gasteiger partial charge is 0.131 e. The fraction of sp³-hybridized carbons (Fsp3) is 0.545. The van der Waals surface area contributed by atoms with E-state index in [-0.39, 0.29) is 0 Å². The number of halogens is 1. The van der Waals surface area contributed by atoms with Gasteiger partial charge in [-0.2, -0.15) is 0 Å². The van der Waals surface area contributed by atoms with Crippen LogP contribution in [0.1, 0.15) is 12.8 Å². The van der Waals surface area contributed by atoms with Crippen LogP contribution in [-0.4, -0.2) is 24.6 Å². The maximum Gasteiger partial charge on any atom is 0.131 e. The monoisotopic (exact) mass is 225 g/mol. The molecule has 0 atom stereocenters. The molecule has 0 amide bonds. The second-order valence-corrected chi connectivity index (χ2v) is 4.33. The Morgan fingerprint density at radius 2 is 2.27 bits per heavy atom. The number of hydrogen-bond donors (Lipinski definition) is 2. The van der Waals surface area contributed by atoms with Crippen LogP contribution in [0.5, 0.6) is 0 Å². The summed E-state index contributed by atoms with van der Waals surface area (Å²) in [4.78, 5) is 3.95. The van der Waals surface area contributed by atoms with E-state index in [1.807, 2.05) is 12.1 Å². The SMILES string of the molecule is Clc1cc(NCC2CCNCC2)ccn1. The number of aromatic nitrogens is 1. The molecule has 1 saturated heterocycles. The van der Waals surface area contributed by atoms with Crippen LogP contribution in [0.2, 0.25) is 5.15 Å². The van der Waals surface area contributed by atoms with Gasteiger partial charge in [-0.05, 0) is 44.0 Å². The van der Waals surface area contributed by atoms with E-state index in [0.29, 0.717) is 5.15 Å². The molecular formula is C11H16ClN3. The third-order valence-corrected chi connectivity index (χ3v) is 2.99. The molecule has 2 rings (SSSR count). The van der Waals surface area contributed by atoms with E-state index in [2.05, 4.69) is 15.6 Å². The molecule has 15 heavy (non-hydrogen) atoms. The molecule has 0 radical (unpaired) electrons. The lowest BCUT2D eigenvalue weighted by molar-refractivity contribution is 0.390. The minimum Gasteiger partial charge on any atom is -0.385 e. The molecule has 1 aromatic rings. The molecule has 0 bridgehead atoms.